The molecule has 0 aromatic carbocycles. The van der Waals surface area contributed by atoms with Crippen LogP contribution < -0.4 is 11.5 Å². The first-order valence-corrected chi connectivity index (χ1v) is 13.8. The second-order valence-corrected chi connectivity index (χ2v) is 10.7. The lowest BCUT2D eigenvalue weighted by Gasteiger charge is -2.38. The molecule has 204 valence electrons. The van der Waals surface area contributed by atoms with Crippen LogP contribution in [0.4, 0.5) is 0 Å². The van der Waals surface area contributed by atoms with Crippen molar-refractivity contribution in [3.05, 3.63) is 77.9 Å². The van der Waals surface area contributed by atoms with Crippen LogP contribution in [0.15, 0.2) is 72.9 Å². The molecule has 5 heterocycles. The summed E-state index contributed by atoms with van der Waals surface area (Å²) >= 11 is 6.21. The van der Waals surface area contributed by atoms with E-state index < -0.39 is 0 Å². The molecular formula is C29H35ClN8O. The van der Waals surface area contributed by atoms with Gasteiger partial charge >= 0.3 is 0 Å². The molecule has 2 aliphatic heterocycles. The smallest absolute Gasteiger partial charge is 0.225 e. The first kappa shape index (κ1) is 26.9. The normalized spacial score (nSPS) is 18.3. The molecule has 4 N–H and O–H groups in total. The number of aromatic nitrogens is 4. The summed E-state index contributed by atoms with van der Waals surface area (Å²) in [4.78, 5) is 31.8. The highest BCUT2D eigenvalue weighted by Crippen LogP contribution is 2.33. The van der Waals surface area contributed by atoms with Crippen LogP contribution in [0.1, 0.15) is 31.7 Å². The zero-order valence-electron chi connectivity index (χ0n) is 22.0. The Labute approximate surface area is 233 Å². The topological polar surface area (TPSA) is 119 Å². The Balaban J connectivity index is 1.23. The molecule has 0 unspecified atom stereocenters. The molecule has 0 atom stereocenters. The average Bonchev–Trinajstić information content (AvgIpc) is 3.32. The molecule has 3 aromatic heterocycles. The third-order valence-electron chi connectivity index (χ3n) is 7.56. The maximum absolute atomic E-state index is 13.4. The predicted molar refractivity (Wildman–Crippen MR) is 155 cm³/mol. The number of pyridine rings is 2. The quantitative estimate of drug-likeness (QED) is 0.431. The lowest BCUT2D eigenvalue weighted by Crippen LogP contribution is -2.46. The number of nitrogens with zero attached hydrogens (tertiary/aromatic N) is 6. The van der Waals surface area contributed by atoms with Gasteiger partial charge in [0.05, 0.1) is 5.02 Å². The maximum atomic E-state index is 13.4. The Bertz CT molecular complexity index is 1380. The van der Waals surface area contributed by atoms with E-state index in [0.717, 1.165) is 73.6 Å². The Kier molecular flexibility index (Phi) is 8.28. The summed E-state index contributed by atoms with van der Waals surface area (Å²) in [6.45, 7) is 7.66. The fourth-order valence-electron chi connectivity index (χ4n) is 5.69. The number of imidazole rings is 1. The van der Waals surface area contributed by atoms with Crippen LogP contribution >= 0.6 is 11.6 Å². The van der Waals surface area contributed by atoms with Gasteiger partial charge in [0.25, 0.3) is 0 Å². The van der Waals surface area contributed by atoms with E-state index >= 15 is 0 Å². The molecule has 10 heteroatoms. The number of halogens is 1. The van der Waals surface area contributed by atoms with E-state index in [1.807, 2.05) is 41.3 Å². The molecule has 0 radical (unpaired) electrons. The lowest BCUT2D eigenvalue weighted by molar-refractivity contribution is -0.138. The molecule has 0 bridgehead atoms. The summed E-state index contributed by atoms with van der Waals surface area (Å²) < 4.78 is 2.19. The van der Waals surface area contributed by atoms with E-state index in [1.165, 1.54) is 6.20 Å². The number of likely N-dealkylation sites (tertiary alicyclic amines) is 2. The first-order valence-electron chi connectivity index (χ1n) is 13.4. The molecule has 3 aromatic rings. The van der Waals surface area contributed by atoms with Crippen LogP contribution in [0.25, 0.3) is 22.7 Å². The molecule has 1 amide bonds. The molecule has 5 rings (SSSR count). The van der Waals surface area contributed by atoms with Crippen molar-refractivity contribution < 1.29 is 4.79 Å². The van der Waals surface area contributed by atoms with E-state index in [-0.39, 0.29) is 17.9 Å². The summed E-state index contributed by atoms with van der Waals surface area (Å²) in [5.74, 6) is 1.11. The van der Waals surface area contributed by atoms with E-state index in [0.29, 0.717) is 23.8 Å². The molecule has 0 spiro atoms. The third kappa shape index (κ3) is 6.15. The fraction of sp³-hybridized carbons (Fsp3) is 0.379. The van der Waals surface area contributed by atoms with E-state index in [4.69, 9.17) is 28.1 Å². The number of carbonyl (C=O) groups excluding carboxylic acids is 1. The average molecular weight is 547 g/mol. The molecule has 0 saturated carbocycles. The van der Waals surface area contributed by atoms with Gasteiger partial charge in [0.15, 0.2) is 11.5 Å². The van der Waals surface area contributed by atoms with Gasteiger partial charge < -0.3 is 20.9 Å². The van der Waals surface area contributed by atoms with Crippen LogP contribution in [0.2, 0.25) is 5.02 Å². The number of piperidine rings is 2. The van der Waals surface area contributed by atoms with Crippen molar-refractivity contribution in [1.29, 1.82) is 0 Å². The highest BCUT2D eigenvalue weighted by molar-refractivity contribution is 6.31. The van der Waals surface area contributed by atoms with Gasteiger partial charge in [-0.2, -0.15) is 0 Å². The monoisotopic (exact) mass is 546 g/mol. The molecule has 0 aliphatic carbocycles. The van der Waals surface area contributed by atoms with Crippen molar-refractivity contribution in [2.45, 2.75) is 31.7 Å². The molecule has 2 saturated heterocycles. The van der Waals surface area contributed by atoms with Gasteiger partial charge in [0.1, 0.15) is 11.2 Å². The summed E-state index contributed by atoms with van der Waals surface area (Å²) in [5.41, 5.74) is 15.2. The molecular weight excluding hydrogens is 512 g/mol. The van der Waals surface area contributed by atoms with Crippen LogP contribution in [-0.2, 0) is 4.79 Å². The second-order valence-electron chi connectivity index (χ2n) is 10.3. The van der Waals surface area contributed by atoms with Crippen LogP contribution in [0, 0.1) is 5.92 Å². The number of amides is 1. The maximum Gasteiger partial charge on any atom is 0.225 e. The number of nitrogens with two attached hydrogens (primary N) is 2. The van der Waals surface area contributed by atoms with Crippen molar-refractivity contribution >= 4 is 28.7 Å². The lowest BCUT2D eigenvalue weighted by atomic mass is 9.93. The predicted octanol–water partition coefficient (Wildman–Crippen LogP) is 3.89. The number of fused-ring (bicyclic) bond motifs is 1. The van der Waals surface area contributed by atoms with Crippen molar-refractivity contribution in [2.75, 3.05) is 32.7 Å². The van der Waals surface area contributed by atoms with Gasteiger partial charge in [-0.15, -0.1) is 0 Å². The Hall–Kier alpha value is -3.69. The SMILES string of the molecule is C=C(N)/C=C(\C=C/N)CN1CCC(C(=O)N2CCC(n3c(-c4ccccn4)nc4cc(Cl)cnc43)CC2)CC1. The van der Waals surface area contributed by atoms with Crippen molar-refractivity contribution in [3.8, 4) is 11.5 Å². The van der Waals surface area contributed by atoms with E-state index in [2.05, 4.69) is 26.0 Å². The number of hydrogen-bond donors (Lipinski definition) is 2. The largest absolute Gasteiger partial charge is 0.405 e. The highest BCUT2D eigenvalue weighted by Gasteiger charge is 2.32. The van der Waals surface area contributed by atoms with Crippen molar-refractivity contribution in [2.24, 2.45) is 17.4 Å². The fourth-order valence-corrected chi connectivity index (χ4v) is 5.84. The minimum absolute atomic E-state index is 0.0571. The van der Waals surface area contributed by atoms with Gasteiger partial charge in [-0.3, -0.25) is 14.7 Å². The second kappa shape index (κ2) is 12.0. The van der Waals surface area contributed by atoms with Crippen LogP contribution in [-0.4, -0.2) is 67.9 Å². The minimum atomic E-state index is 0.0571. The standard InChI is InChI=1S/C29H35ClN8O/c1-20(32)16-21(5-10-31)19-36-12-6-22(7-13-36)29(39)37-14-8-24(9-15-37)38-27-26(17-23(30)18-34-27)35-28(38)25-4-2-3-11-33-25/h2-5,10-11,16-18,22,24H,1,6-9,12-15,19,31-32H2/b10-5-,21-16+. The van der Waals surface area contributed by atoms with E-state index in [9.17, 15) is 4.79 Å². The Morgan fingerprint density at radius 3 is 2.56 bits per heavy atom. The number of rotatable bonds is 7. The number of hydrogen-bond acceptors (Lipinski definition) is 7. The molecule has 39 heavy (non-hydrogen) atoms. The minimum Gasteiger partial charge on any atom is -0.405 e. The highest BCUT2D eigenvalue weighted by atomic mass is 35.5. The molecule has 2 aliphatic rings. The van der Waals surface area contributed by atoms with Crippen LogP contribution in [0.3, 0.4) is 0 Å². The molecule has 2 fully saturated rings. The summed E-state index contributed by atoms with van der Waals surface area (Å²) in [5, 5.41) is 0.555. The van der Waals surface area contributed by atoms with Gasteiger partial charge in [0.2, 0.25) is 5.91 Å². The van der Waals surface area contributed by atoms with Gasteiger partial charge in [-0.25, -0.2) is 9.97 Å². The third-order valence-corrected chi connectivity index (χ3v) is 7.76. The molecule has 9 nitrogen and oxygen atoms in total. The van der Waals surface area contributed by atoms with Crippen molar-refractivity contribution in [1.82, 2.24) is 29.3 Å². The van der Waals surface area contributed by atoms with E-state index in [1.54, 1.807) is 12.4 Å². The first-order chi connectivity index (χ1) is 18.9. The zero-order valence-corrected chi connectivity index (χ0v) is 22.8. The van der Waals surface area contributed by atoms with Gasteiger partial charge in [-0.1, -0.05) is 24.2 Å². The Morgan fingerprint density at radius 2 is 1.90 bits per heavy atom. The summed E-state index contributed by atoms with van der Waals surface area (Å²) in [6.07, 6.45) is 12.0. The zero-order chi connectivity index (χ0) is 27.4. The summed E-state index contributed by atoms with van der Waals surface area (Å²) in [6, 6.07) is 7.82. The Morgan fingerprint density at radius 1 is 1.13 bits per heavy atom. The summed E-state index contributed by atoms with van der Waals surface area (Å²) in [7, 11) is 0. The number of carbonyl (C=O) groups is 1. The number of allylic oxidation sites excluding steroid dienone is 1. The van der Waals surface area contributed by atoms with Crippen molar-refractivity contribution in [3.63, 3.8) is 0 Å². The van der Waals surface area contributed by atoms with Gasteiger partial charge in [-0.05, 0) is 80.9 Å². The van der Waals surface area contributed by atoms with Crippen LogP contribution in [0.5, 0.6) is 0 Å². The van der Waals surface area contributed by atoms with Gasteiger partial charge in [0, 0.05) is 49.7 Å².